The van der Waals surface area contributed by atoms with E-state index in [4.69, 9.17) is 4.74 Å². The maximum Gasteiger partial charge on any atom is 0.124 e. The molecule has 0 spiro atoms. The highest BCUT2D eigenvalue weighted by Crippen LogP contribution is 2.28. The Morgan fingerprint density at radius 2 is 2.25 bits per heavy atom. The van der Waals surface area contributed by atoms with E-state index in [0.29, 0.717) is 11.3 Å². The number of hydrogen-bond donors (Lipinski definition) is 1. The molecule has 16 heavy (non-hydrogen) atoms. The molecule has 0 aliphatic heterocycles. The van der Waals surface area contributed by atoms with Gasteiger partial charge in [-0.05, 0) is 31.9 Å². The molecule has 88 valence electrons. The molecule has 1 aromatic carbocycles. The van der Waals surface area contributed by atoms with Crippen molar-refractivity contribution in [3.05, 3.63) is 29.3 Å². The van der Waals surface area contributed by atoms with Crippen LogP contribution in [0, 0.1) is 6.92 Å². The van der Waals surface area contributed by atoms with Gasteiger partial charge in [0, 0.05) is 11.5 Å². The number of aliphatic hydroxyl groups is 1. The Hall–Kier alpha value is -1.55. The average molecular weight is 223 g/mol. The molecule has 0 aliphatic carbocycles. The van der Waals surface area contributed by atoms with E-state index in [-0.39, 0.29) is 12.8 Å². The summed E-state index contributed by atoms with van der Waals surface area (Å²) in [7, 11) is 1.51. The molecule has 0 aliphatic rings. The number of carbonyl (C=O) groups is 1. The monoisotopic (exact) mass is 223 g/mol. The third-order valence-corrected chi connectivity index (χ3v) is 2.37. The van der Waals surface area contributed by atoms with Gasteiger partial charge in [-0.15, -0.1) is 0 Å². The van der Waals surface area contributed by atoms with Gasteiger partial charge in [0.1, 0.15) is 5.75 Å². The average Bonchev–Trinajstić information content (AvgIpc) is 2.25. The summed E-state index contributed by atoms with van der Waals surface area (Å²) in [6.07, 6.45) is -0.881. The molecular formula is C12H15O4-. The lowest BCUT2D eigenvalue weighted by molar-refractivity contribution is -0.306. The largest absolute Gasteiger partial charge is 0.550 e. The van der Waals surface area contributed by atoms with Crippen molar-refractivity contribution in [2.75, 3.05) is 7.11 Å². The summed E-state index contributed by atoms with van der Waals surface area (Å²) in [5, 5.41) is 20.1. The quantitative estimate of drug-likeness (QED) is 0.792. The molecular weight excluding hydrogens is 208 g/mol. The zero-order valence-electron chi connectivity index (χ0n) is 9.40. The smallest absolute Gasteiger partial charge is 0.124 e. The molecule has 0 bridgehead atoms. The zero-order chi connectivity index (χ0) is 12.1. The van der Waals surface area contributed by atoms with Gasteiger partial charge in [0.05, 0.1) is 13.2 Å². The number of ether oxygens (including phenoxy) is 1. The fourth-order valence-corrected chi connectivity index (χ4v) is 1.52. The Bertz CT molecular complexity index is 373. The van der Waals surface area contributed by atoms with Crippen molar-refractivity contribution in [3.63, 3.8) is 0 Å². The second-order valence-electron chi connectivity index (χ2n) is 3.67. The topological polar surface area (TPSA) is 69.6 Å². The first-order valence-corrected chi connectivity index (χ1v) is 5.07. The normalized spacial score (nSPS) is 12.2. The lowest BCUT2D eigenvalue weighted by Gasteiger charge is -2.15. The Morgan fingerprint density at radius 3 is 2.81 bits per heavy atom. The van der Waals surface area contributed by atoms with Crippen molar-refractivity contribution in [3.8, 4) is 5.75 Å². The van der Waals surface area contributed by atoms with Gasteiger partial charge in [-0.3, -0.25) is 0 Å². The molecule has 1 atom stereocenters. The fraction of sp³-hybridized carbons (Fsp3) is 0.417. The van der Waals surface area contributed by atoms with E-state index in [2.05, 4.69) is 0 Å². The lowest BCUT2D eigenvalue weighted by Crippen LogP contribution is -2.22. The molecule has 1 N–H and O–H groups in total. The Morgan fingerprint density at radius 1 is 1.56 bits per heavy atom. The van der Waals surface area contributed by atoms with E-state index in [1.807, 2.05) is 13.0 Å². The first-order valence-electron chi connectivity index (χ1n) is 5.07. The number of hydrogen-bond acceptors (Lipinski definition) is 4. The van der Waals surface area contributed by atoms with Gasteiger partial charge < -0.3 is 19.7 Å². The number of aryl methyl sites for hydroxylation is 1. The summed E-state index contributed by atoms with van der Waals surface area (Å²) in [6.45, 7) is 1.90. The van der Waals surface area contributed by atoms with E-state index < -0.39 is 12.1 Å². The molecule has 1 aromatic rings. The van der Waals surface area contributed by atoms with Crippen LogP contribution in [-0.4, -0.2) is 18.2 Å². The maximum absolute atomic E-state index is 10.3. The Balaban J connectivity index is 2.84. The zero-order valence-corrected chi connectivity index (χ0v) is 9.40. The molecule has 0 aromatic heterocycles. The van der Waals surface area contributed by atoms with Gasteiger partial charge in [-0.1, -0.05) is 11.6 Å². The summed E-state index contributed by atoms with van der Waals surface area (Å²) in [5.74, 6) is -0.595. The minimum absolute atomic E-state index is 0.127. The van der Waals surface area contributed by atoms with Gasteiger partial charge in [0.25, 0.3) is 0 Å². The van der Waals surface area contributed by atoms with Crippen LogP contribution in [0.2, 0.25) is 0 Å². The highest BCUT2D eigenvalue weighted by molar-refractivity contribution is 5.64. The number of aliphatic hydroxyl groups excluding tert-OH is 1. The number of carboxylic acids is 1. The van der Waals surface area contributed by atoms with Crippen molar-refractivity contribution >= 4 is 5.97 Å². The van der Waals surface area contributed by atoms with Gasteiger partial charge in [-0.25, -0.2) is 0 Å². The third-order valence-electron chi connectivity index (χ3n) is 2.37. The minimum atomic E-state index is -1.16. The number of rotatable bonds is 5. The molecule has 0 heterocycles. The second kappa shape index (κ2) is 5.51. The predicted molar refractivity (Wildman–Crippen MR) is 56.9 cm³/mol. The third kappa shape index (κ3) is 3.24. The van der Waals surface area contributed by atoms with Crippen molar-refractivity contribution in [1.29, 1.82) is 0 Å². The highest BCUT2D eigenvalue weighted by atomic mass is 16.5. The van der Waals surface area contributed by atoms with E-state index >= 15 is 0 Å². The van der Waals surface area contributed by atoms with Gasteiger partial charge in [0.15, 0.2) is 0 Å². The summed E-state index contributed by atoms with van der Waals surface area (Å²) >= 11 is 0. The van der Waals surface area contributed by atoms with Crippen LogP contribution in [0.5, 0.6) is 5.75 Å². The number of carbonyl (C=O) groups excluding carboxylic acids is 1. The SMILES string of the molecule is COc1ccc(C)cc1[C@H](O)CCC(=O)[O-]. The molecule has 0 amide bonds. The molecule has 0 saturated carbocycles. The van der Waals surface area contributed by atoms with Crippen LogP contribution in [0.3, 0.4) is 0 Å². The maximum atomic E-state index is 10.3. The van der Waals surface area contributed by atoms with Crippen molar-refractivity contribution in [2.45, 2.75) is 25.9 Å². The molecule has 1 rings (SSSR count). The number of benzene rings is 1. The fourth-order valence-electron chi connectivity index (χ4n) is 1.52. The first-order chi connectivity index (χ1) is 7.54. The summed E-state index contributed by atoms with van der Waals surface area (Å²) in [4.78, 5) is 10.3. The first kappa shape index (κ1) is 12.5. The standard InChI is InChI=1S/C12H16O4/c1-8-3-5-11(16-2)9(7-8)10(13)4-6-12(14)15/h3,5,7,10,13H,4,6H2,1-2H3,(H,14,15)/p-1/t10-/m1/s1. The number of methoxy groups -OCH3 is 1. The van der Waals surface area contributed by atoms with Crippen molar-refractivity contribution < 1.29 is 19.7 Å². The molecule has 0 unspecified atom stereocenters. The van der Waals surface area contributed by atoms with Crippen LogP contribution in [0.4, 0.5) is 0 Å². The lowest BCUT2D eigenvalue weighted by atomic mass is 10.0. The predicted octanol–water partition coefficient (Wildman–Crippen LogP) is 0.567. The van der Waals surface area contributed by atoms with Crippen LogP contribution < -0.4 is 9.84 Å². The van der Waals surface area contributed by atoms with Crippen LogP contribution >= 0.6 is 0 Å². The summed E-state index contributed by atoms with van der Waals surface area (Å²) < 4.78 is 5.11. The molecule has 0 fully saturated rings. The highest BCUT2D eigenvalue weighted by Gasteiger charge is 2.13. The van der Waals surface area contributed by atoms with Gasteiger partial charge in [0.2, 0.25) is 0 Å². The second-order valence-corrected chi connectivity index (χ2v) is 3.67. The van der Waals surface area contributed by atoms with E-state index in [1.165, 1.54) is 7.11 Å². The van der Waals surface area contributed by atoms with Crippen LogP contribution in [0.15, 0.2) is 18.2 Å². The van der Waals surface area contributed by atoms with E-state index in [1.54, 1.807) is 12.1 Å². The van der Waals surface area contributed by atoms with Crippen LogP contribution in [-0.2, 0) is 4.79 Å². The minimum Gasteiger partial charge on any atom is -0.550 e. The molecule has 4 heteroatoms. The molecule has 0 saturated heterocycles. The summed E-state index contributed by atoms with van der Waals surface area (Å²) in [5.41, 5.74) is 1.60. The van der Waals surface area contributed by atoms with Crippen LogP contribution in [0.1, 0.15) is 30.1 Å². The molecule has 4 nitrogen and oxygen atoms in total. The van der Waals surface area contributed by atoms with Crippen molar-refractivity contribution in [1.82, 2.24) is 0 Å². The summed E-state index contributed by atoms with van der Waals surface area (Å²) in [6, 6.07) is 5.42. The van der Waals surface area contributed by atoms with Crippen molar-refractivity contribution in [2.24, 2.45) is 0 Å². The number of aliphatic carboxylic acids is 1. The molecule has 0 radical (unpaired) electrons. The Labute approximate surface area is 94.5 Å². The Kier molecular flexibility index (Phi) is 4.31. The van der Waals surface area contributed by atoms with Gasteiger partial charge in [-0.2, -0.15) is 0 Å². The van der Waals surface area contributed by atoms with E-state index in [0.717, 1.165) is 5.56 Å². The number of carboxylic acid groups (broad SMARTS) is 1. The van der Waals surface area contributed by atoms with Crippen LogP contribution in [0.25, 0.3) is 0 Å². The van der Waals surface area contributed by atoms with E-state index in [9.17, 15) is 15.0 Å². The van der Waals surface area contributed by atoms with Gasteiger partial charge >= 0.3 is 0 Å².